The number of hydrogen-bond donors (Lipinski definition) is 0. The molecule has 0 aliphatic carbocycles. The summed E-state index contributed by atoms with van der Waals surface area (Å²) in [5.41, 5.74) is 2.81. The van der Waals surface area contributed by atoms with Gasteiger partial charge in [-0.15, -0.1) is 0 Å². The van der Waals surface area contributed by atoms with Crippen LogP contribution in [-0.2, 0) is 0 Å². The number of nitro benzene ring substituents is 1. The normalized spacial score (nSPS) is 11.6. The van der Waals surface area contributed by atoms with E-state index in [1.165, 1.54) is 18.2 Å². The number of hydrogen-bond acceptors (Lipinski definition) is 5. The topological polar surface area (TPSA) is 78.7 Å². The van der Waals surface area contributed by atoms with E-state index < -0.39 is 11.0 Å². The van der Waals surface area contributed by atoms with Crippen LogP contribution in [0.1, 0.15) is 22.8 Å². The number of nitro groups is 1. The van der Waals surface area contributed by atoms with Gasteiger partial charge in [0.1, 0.15) is 11.5 Å². The lowest BCUT2D eigenvalue weighted by Gasteiger charge is -2.17. The predicted octanol–water partition coefficient (Wildman–Crippen LogP) is 5.23. The summed E-state index contributed by atoms with van der Waals surface area (Å²) < 4.78 is 11.1. The zero-order valence-corrected chi connectivity index (χ0v) is 16.4. The summed E-state index contributed by atoms with van der Waals surface area (Å²) >= 11 is 0. The lowest BCUT2D eigenvalue weighted by Crippen LogP contribution is -2.24. The van der Waals surface area contributed by atoms with E-state index in [4.69, 9.17) is 9.47 Å². The van der Waals surface area contributed by atoms with Crippen molar-refractivity contribution < 1.29 is 19.2 Å². The fourth-order valence-corrected chi connectivity index (χ4v) is 2.93. The number of benzene rings is 3. The number of carbonyl (C=O) groups is 1. The summed E-state index contributed by atoms with van der Waals surface area (Å²) in [7, 11) is 1.56. The lowest BCUT2D eigenvalue weighted by molar-refractivity contribution is -0.384. The SMILES string of the molecule is COc1ccc(-c2cc([N+](=O)[O-])ccc2O[C@@H](C)C(=O)c2ccc(C)cc2)cc1. The van der Waals surface area contributed by atoms with Gasteiger partial charge in [-0.05, 0) is 37.6 Å². The maximum atomic E-state index is 12.7. The Bertz CT molecular complexity index is 1030. The zero-order chi connectivity index (χ0) is 21.0. The Balaban J connectivity index is 1.93. The maximum Gasteiger partial charge on any atom is 0.270 e. The molecule has 0 N–H and O–H groups in total. The number of rotatable bonds is 7. The van der Waals surface area contributed by atoms with Gasteiger partial charge >= 0.3 is 0 Å². The van der Waals surface area contributed by atoms with E-state index in [1.54, 1.807) is 50.4 Å². The third kappa shape index (κ3) is 4.60. The lowest BCUT2D eigenvalue weighted by atomic mass is 10.0. The Morgan fingerprint density at radius 1 is 1.00 bits per heavy atom. The summed E-state index contributed by atoms with van der Waals surface area (Å²) in [5, 5.41) is 11.2. The first-order valence-corrected chi connectivity index (χ1v) is 9.09. The molecule has 29 heavy (non-hydrogen) atoms. The molecule has 0 aliphatic heterocycles. The maximum absolute atomic E-state index is 12.7. The summed E-state index contributed by atoms with van der Waals surface area (Å²) in [6.07, 6.45) is -0.754. The highest BCUT2D eigenvalue weighted by atomic mass is 16.6. The monoisotopic (exact) mass is 391 g/mol. The molecule has 6 nitrogen and oxygen atoms in total. The fourth-order valence-electron chi connectivity index (χ4n) is 2.93. The van der Waals surface area contributed by atoms with Crippen LogP contribution in [0.3, 0.4) is 0 Å². The molecule has 0 heterocycles. The molecule has 0 fully saturated rings. The van der Waals surface area contributed by atoms with Crippen LogP contribution in [0.15, 0.2) is 66.7 Å². The summed E-state index contributed by atoms with van der Waals surface area (Å²) in [4.78, 5) is 23.5. The molecule has 0 saturated carbocycles. The molecule has 0 radical (unpaired) electrons. The van der Waals surface area contributed by atoms with Gasteiger partial charge in [0.2, 0.25) is 5.78 Å². The molecule has 3 aromatic rings. The van der Waals surface area contributed by atoms with Crippen LogP contribution in [0, 0.1) is 17.0 Å². The number of methoxy groups -OCH3 is 1. The van der Waals surface area contributed by atoms with Crippen molar-refractivity contribution in [3.8, 4) is 22.6 Å². The molecular weight excluding hydrogens is 370 g/mol. The van der Waals surface area contributed by atoms with Crippen LogP contribution in [0.5, 0.6) is 11.5 Å². The van der Waals surface area contributed by atoms with Crippen LogP contribution < -0.4 is 9.47 Å². The van der Waals surface area contributed by atoms with Gasteiger partial charge in [0.25, 0.3) is 5.69 Å². The molecule has 148 valence electrons. The largest absolute Gasteiger partial charge is 0.497 e. The van der Waals surface area contributed by atoms with Crippen molar-refractivity contribution in [2.75, 3.05) is 7.11 Å². The predicted molar refractivity (Wildman–Crippen MR) is 111 cm³/mol. The van der Waals surface area contributed by atoms with Crippen molar-refractivity contribution >= 4 is 11.5 Å². The Labute approximate surface area is 168 Å². The van der Waals surface area contributed by atoms with Crippen LogP contribution in [0.4, 0.5) is 5.69 Å². The van der Waals surface area contributed by atoms with Gasteiger partial charge in [0.15, 0.2) is 6.10 Å². The number of aryl methyl sites for hydroxylation is 1. The molecule has 0 spiro atoms. The van der Waals surface area contributed by atoms with Crippen molar-refractivity contribution in [1.29, 1.82) is 0 Å². The van der Waals surface area contributed by atoms with Crippen molar-refractivity contribution in [3.63, 3.8) is 0 Å². The van der Waals surface area contributed by atoms with Crippen LogP contribution in [0.2, 0.25) is 0 Å². The molecule has 3 rings (SSSR count). The van der Waals surface area contributed by atoms with Crippen LogP contribution >= 0.6 is 0 Å². The van der Waals surface area contributed by atoms with Gasteiger partial charge in [-0.1, -0.05) is 42.0 Å². The van der Waals surface area contributed by atoms with E-state index in [0.29, 0.717) is 22.6 Å². The molecule has 0 aliphatic rings. The number of ketones is 1. The number of nitrogens with zero attached hydrogens (tertiary/aromatic N) is 1. The summed E-state index contributed by atoms with van der Waals surface area (Å²) in [6.45, 7) is 3.62. The Kier molecular flexibility index (Phi) is 5.93. The smallest absolute Gasteiger partial charge is 0.270 e. The Hall–Kier alpha value is -3.67. The standard InChI is InChI=1S/C23H21NO5/c1-15-4-6-18(7-5-15)23(25)16(2)29-22-13-10-19(24(26)27)14-21(22)17-8-11-20(28-3)12-9-17/h4-14,16H,1-3H3/t16-/m0/s1. The highest BCUT2D eigenvalue weighted by Crippen LogP contribution is 2.35. The van der Waals surface area contributed by atoms with Gasteiger partial charge < -0.3 is 9.47 Å². The van der Waals surface area contributed by atoms with Crippen molar-refractivity contribution in [2.24, 2.45) is 0 Å². The second kappa shape index (κ2) is 8.56. The van der Waals surface area contributed by atoms with Crippen LogP contribution in [0.25, 0.3) is 11.1 Å². The molecular formula is C23H21NO5. The van der Waals surface area contributed by atoms with Gasteiger partial charge in [-0.25, -0.2) is 0 Å². The van der Waals surface area contributed by atoms with E-state index in [1.807, 2.05) is 19.1 Å². The zero-order valence-electron chi connectivity index (χ0n) is 16.4. The molecule has 0 saturated heterocycles. The molecule has 6 heteroatoms. The minimum atomic E-state index is -0.754. The number of carbonyl (C=O) groups excluding carboxylic acids is 1. The van der Waals surface area contributed by atoms with E-state index >= 15 is 0 Å². The second-order valence-electron chi connectivity index (χ2n) is 6.66. The third-order valence-corrected chi connectivity index (χ3v) is 4.58. The fraction of sp³-hybridized carbons (Fsp3) is 0.174. The number of non-ortho nitro benzene ring substituents is 1. The quantitative estimate of drug-likeness (QED) is 0.313. The second-order valence-corrected chi connectivity index (χ2v) is 6.66. The molecule has 0 aromatic heterocycles. The van der Waals surface area contributed by atoms with E-state index in [9.17, 15) is 14.9 Å². The van der Waals surface area contributed by atoms with Crippen LogP contribution in [-0.4, -0.2) is 23.9 Å². The molecule has 1 atom stereocenters. The average molecular weight is 391 g/mol. The van der Waals surface area contributed by atoms with Gasteiger partial charge in [-0.2, -0.15) is 0 Å². The van der Waals surface area contributed by atoms with Crippen molar-refractivity contribution in [3.05, 3.63) is 88.0 Å². The summed E-state index contributed by atoms with van der Waals surface area (Å²) in [5.74, 6) is 0.905. The molecule has 3 aromatic carbocycles. The van der Waals surface area contributed by atoms with Gasteiger partial charge in [0.05, 0.1) is 12.0 Å². The minimum absolute atomic E-state index is 0.0549. The van der Waals surface area contributed by atoms with E-state index in [2.05, 4.69) is 0 Å². The van der Waals surface area contributed by atoms with E-state index in [-0.39, 0.29) is 11.5 Å². The first-order valence-electron chi connectivity index (χ1n) is 9.09. The van der Waals surface area contributed by atoms with Crippen molar-refractivity contribution in [2.45, 2.75) is 20.0 Å². The number of ether oxygens (including phenoxy) is 2. The highest BCUT2D eigenvalue weighted by molar-refractivity contribution is 5.99. The van der Waals surface area contributed by atoms with Gasteiger partial charge in [0, 0.05) is 23.3 Å². The molecule has 0 amide bonds. The van der Waals surface area contributed by atoms with Crippen molar-refractivity contribution in [1.82, 2.24) is 0 Å². The Morgan fingerprint density at radius 2 is 1.66 bits per heavy atom. The summed E-state index contributed by atoms with van der Waals surface area (Å²) in [6, 6.07) is 18.7. The first kappa shape index (κ1) is 20.1. The minimum Gasteiger partial charge on any atom is -0.497 e. The first-order chi connectivity index (χ1) is 13.9. The van der Waals surface area contributed by atoms with Gasteiger partial charge in [-0.3, -0.25) is 14.9 Å². The number of Topliss-reactive ketones (excluding diaryl/α,β-unsaturated/α-hetero) is 1. The molecule has 0 unspecified atom stereocenters. The molecule has 0 bridgehead atoms. The third-order valence-electron chi connectivity index (χ3n) is 4.58. The Morgan fingerprint density at radius 3 is 2.24 bits per heavy atom. The van der Waals surface area contributed by atoms with E-state index in [0.717, 1.165) is 11.1 Å². The highest BCUT2D eigenvalue weighted by Gasteiger charge is 2.20. The average Bonchev–Trinajstić information content (AvgIpc) is 2.74.